The molecule has 2 N–H and O–H groups in total. The van der Waals surface area contributed by atoms with E-state index in [0.29, 0.717) is 12.4 Å². The Morgan fingerprint density at radius 3 is 1.95 bits per heavy atom. The largest absolute Gasteiger partial charge is 0.362 e. The molecule has 0 aliphatic rings. The molecule has 0 unspecified atom stereocenters. The van der Waals surface area contributed by atoms with E-state index in [0.717, 1.165) is 0 Å². The fraction of sp³-hybridized carbons (Fsp3) is 0.125. The van der Waals surface area contributed by atoms with Crippen molar-refractivity contribution in [2.45, 2.75) is 12.5 Å². The van der Waals surface area contributed by atoms with Crippen molar-refractivity contribution in [1.29, 1.82) is 0 Å². The van der Waals surface area contributed by atoms with E-state index in [9.17, 15) is 0 Å². The molecule has 0 atom stereocenters. The van der Waals surface area contributed by atoms with Crippen LogP contribution >= 0.6 is 0 Å². The zero-order valence-corrected chi connectivity index (χ0v) is 11.0. The number of nitrogens with two attached hydrogens (primary N) is 1. The first kappa shape index (κ1) is 12.4. The van der Waals surface area contributed by atoms with Crippen LogP contribution in [0.5, 0.6) is 0 Å². The van der Waals surface area contributed by atoms with E-state index in [2.05, 4.69) is 29.5 Å². The molecule has 0 amide bonds. The minimum Gasteiger partial charge on any atom is -0.362 e. The lowest BCUT2D eigenvalue weighted by atomic mass is 9.91. The summed E-state index contributed by atoms with van der Waals surface area (Å²) in [5.74, 6) is 0.539. The lowest BCUT2D eigenvalue weighted by Gasteiger charge is -2.13. The lowest BCUT2D eigenvalue weighted by molar-refractivity contribution is -0.763. The van der Waals surface area contributed by atoms with E-state index in [1.165, 1.54) is 11.1 Å². The predicted octanol–water partition coefficient (Wildman–Crippen LogP) is 2.38. The average Bonchev–Trinajstić information content (AvgIpc) is 2.92. The highest BCUT2D eigenvalue weighted by atomic mass is 16.5. The Bertz CT molecular complexity index is 625. The molecule has 0 aliphatic heterocycles. The van der Waals surface area contributed by atoms with Crippen molar-refractivity contribution < 1.29 is 9.20 Å². The second-order valence-electron chi connectivity index (χ2n) is 4.70. The van der Waals surface area contributed by atoms with Gasteiger partial charge in [0, 0.05) is 0 Å². The molecule has 4 nitrogen and oxygen atoms in total. The minimum absolute atomic E-state index is 0.215. The first-order valence-electron chi connectivity index (χ1n) is 6.55. The first-order chi connectivity index (χ1) is 9.83. The van der Waals surface area contributed by atoms with Crippen LogP contribution in [0.4, 0.5) is 5.88 Å². The monoisotopic (exact) mass is 266 g/mol. The van der Waals surface area contributed by atoms with Gasteiger partial charge in [0.2, 0.25) is 5.27 Å². The number of anilines is 1. The Labute approximate surface area is 117 Å². The first-order valence-corrected chi connectivity index (χ1v) is 6.55. The van der Waals surface area contributed by atoms with Crippen molar-refractivity contribution in [3.8, 4) is 0 Å². The van der Waals surface area contributed by atoms with E-state index >= 15 is 0 Å². The third kappa shape index (κ3) is 2.69. The third-order valence-corrected chi connectivity index (χ3v) is 3.30. The molecular formula is C16H16N3O+. The van der Waals surface area contributed by atoms with E-state index in [4.69, 9.17) is 10.3 Å². The maximum atomic E-state index is 5.58. The maximum absolute atomic E-state index is 5.58. The van der Waals surface area contributed by atoms with E-state index in [1.807, 2.05) is 36.4 Å². The highest BCUT2D eigenvalue weighted by Crippen LogP contribution is 2.24. The highest BCUT2D eigenvalue weighted by molar-refractivity contribution is 5.31. The molecule has 4 heteroatoms. The molecule has 2 aromatic carbocycles. The van der Waals surface area contributed by atoms with Crippen LogP contribution in [0, 0.1) is 0 Å². The van der Waals surface area contributed by atoms with Crippen molar-refractivity contribution in [3.05, 3.63) is 78.0 Å². The van der Waals surface area contributed by atoms with Crippen LogP contribution < -0.4 is 10.4 Å². The van der Waals surface area contributed by atoms with Gasteiger partial charge in [-0.05, 0) is 15.8 Å². The minimum atomic E-state index is 0.215. The second-order valence-corrected chi connectivity index (χ2v) is 4.70. The van der Waals surface area contributed by atoms with Gasteiger partial charge in [0.05, 0.1) is 5.92 Å². The number of benzene rings is 2. The van der Waals surface area contributed by atoms with Gasteiger partial charge >= 0.3 is 0 Å². The number of rotatable bonds is 4. The summed E-state index contributed by atoms with van der Waals surface area (Å²) >= 11 is 0. The summed E-state index contributed by atoms with van der Waals surface area (Å²) in [6.45, 7) is 0.689. The summed E-state index contributed by atoms with van der Waals surface area (Å²) in [7, 11) is 0. The van der Waals surface area contributed by atoms with Crippen LogP contribution in [0.25, 0.3) is 0 Å². The van der Waals surface area contributed by atoms with Gasteiger partial charge in [0.1, 0.15) is 0 Å². The molecule has 0 radical (unpaired) electrons. The molecule has 100 valence electrons. The Balaban J connectivity index is 1.96. The third-order valence-electron chi connectivity index (χ3n) is 3.30. The van der Waals surface area contributed by atoms with Gasteiger partial charge in [0.25, 0.3) is 12.1 Å². The number of aromatic nitrogens is 2. The second kappa shape index (κ2) is 5.57. The fourth-order valence-corrected chi connectivity index (χ4v) is 2.34. The summed E-state index contributed by atoms with van der Waals surface area (Å²) in [5, 5.41) is 3.92. The summed E-state index contributed by atoms with van der Waals surface area (Å²) in [6.07, 6.45) is 1.71. The predicted molar refractivity (Wildman–Crippen MR) is 75.8 cm³/mol. The fourth-order valence-electron chi connectivity index (χ4n) is 2.34. The van der Waals surface area contributed by atoms with Crippen molar-refractivity contribution >= 4 is 5.88 Å². The van der Waals surface area contributed by atoms with Gasteiger partial charge in [-0.1, -0.05) is 60.7 Å². The number of nitrogen functional groups attached to an aromatic ring is 1. The van der Waals surface area contributed by atoms with Gasteiger partial charge in [0.15, 0.2) is 6.54 Å². The van der Waals surface area contributed by atoms with Crippen LogP contribution in [0.1, 0.15) is 17.0 Å². The van der Waals surface area contributed by atoms with Gasteiger partial charge < -0.3 is 5.73 Å². The standard InChI is InChI=1S/C16H16N3O/c17-16-12-19(18-20-16)11-15(13-7-3-1-4-8-13)14-9-5-2-6-10-14/h1-10,12,15H,11,17H2/q+1. The molecule has 3 aromatic rings. The Morgan fingerprint density at radius 1 is 0.950 bits per heavy atom. The van der Waals surface area contributed by atoms with Crippen LogP contribution in [0.15, 0.2) is 71.4 Å². The van der Waals surface area contributed by atoms with Crippen LogP contribution in [-0.2, 0) is 6.54 Å². The molecular weight excluding hydrogens is 250 g/mol. The quantitative estimate of drug-likeness (QED) is 0.738. The van der Waals surface area contributed by atoms with Gasteiger partial charge in [-0.15, -0.1) is 0 Å². The lowest BCUT2D eigenvalue weighted by Crippen LogP contribution is -2.38. The summed E-state index contributed by atoms with van der Waals surface area (Å²) in [6, 6.07) is 20.7. The summed E-state index contributed by atoms with van der Waals surface area (Å²) in [4.78, 5) is 0. The summed E-state index contributed by atoms with van der Waals surface area (Å²) < 4.78 is 6.66. The van der Waals surface area contributed by atoms with Gasteiger partial charge in [-0.3, -0.25) is 4.52 Å². The molecule has 0 aliphatic carbocycles. The topological polar surface area (TPSA) is 55.9 Å². The van der Waals surface area contributed by atoms with Gasteiger partial charge in [-0.25, -0.2) is 0 Å². The Hall–Kier alpha value is -2.62. The van der Waals surface area contributed by atoms with Gasteiger partial charge in [-0.2, -0.15) is 0 Å². The maximum Gasteiger partial charge on any atom is 0.293 e. The number of hydrogen-bond acceptors (Lipinski definition) is 3. The Kier molecular flexibility index (Phi) is 3.46. The molecule has 20 heavy (non-hydrogen) atoms. The van der Waals surface area contributed by atoms with E-state index < -0.39 is 0 Å². The van der Waals surface area contributed by atoms with Crippen molar-refractivity contribution in [1.82, 2.24) is 5.27 Å². The van der Waals surface area contributed by atoms with Crippen LogP contribution in [-0.4, -0.2) is 5.27 Å². The molecule has 0 fully saturated rings. The molecule has 1 heterocycles. The van der Waals surface area contributed by atoms with Crippen LogP contribution in [0.2, 0.25) is 0 Å². The zero-order valence-electron chi connectivity index (χ0n) is 11.0. The highest BCUT2D eigenvalue weighted by Gasteiger charge is 2.21. The SMILES string of the molecule is Nc1c[n+](CC(c2ccccc2)c2ccccc2)no1. The normalized spacial score (nSPS) is 10.8. The van der Waals surface area contributed by atoms with E-state index in [-0.39, 0.29) is 5.92 Å². The van der Waals surface area contributed by atoms with Crippen molar-refractivity contribution in [2.24, 2.45) is 0 Å². The molecule has 3 rings (SSSR count). The van der Waals surface area contributed by atoms with Crippen LogP contribution in [0.3, 0.4) is 0 Å². The molecule has 0 bridgehead atoms. The number of hydrogen-bond donors (Lipinski definition) is 1. The molecule has 0 saturated heterocycles. The summed E-state index contributed by atoms with van der Waals surface area (Å²) in [5.41, 5.74) is 8.07. The van der Waals surface area contributed by atoms with Crippen molar-refractivity contribution in [2.75, 3.05) is 5.73 Å². The zero-order chi connectivity index (χ0) is 13.8. The molecule has 0 spiro atoms. The Morgan fingerprint density at radius 2 is 1.50 bits per heavy atom. The molecule has 0 saturated carbocycles. The smallest absolute Gasteiger partial charge is 0.293 e. The average molecular weight is 266 g/mol. The molecule has 1 aromatic heterocycles. The van der Waals surface area contributed by atoms with Crippen molar-refractivity contribution in [3.63, 3.8) is 0 Å². The number of nitrogens with zero attached hydrogens (tertiary/aromatic N) is 2. The van der Waals surface area contributed by atoms with E-state index in [1.54, 1.807) is 10.9 Å².